The monoisotopic (exact) mass is 252 g/mol. The molecule has 4 unspecified atom stereocenters. The van der Waals surface area contributed by atoms with Crippen molar-refractivity contribution in [3.63, 3.8) is 0 Å². The molecule has 4 atom stereocenters. The first-order chi connectivity index (χ1) is 8.34. The van der Waals surface area contributed by atoms with Crippen LogP contribution in [0, 0.1) is 17.3 Å². The van der Waals surface area contributed by atoms with Gasteiger partial charge in [0.25, 0.3) is 0 Å². The molecular formula is C16H32N2. The predicted octanol–water partition coefficient (Wildman–Crippen LogP) is 3.26. The van der Waals surface area contributed by atoms with Gasteiger partial charge in [0.1, 0.15) is 0 Å². The van der Waals surface area contributed by atoms with Crippen molar-refractivity contribution >= 4 is 0 Å². The molecule has 0 radical (unpaired) electrons. The number of piperidine rings is 1. The molecule has 2 fully saturated rings. The second-order valence-electron chi connectivity index (χ2n) is 7.68. The Hall–Kier alpha value is -0.0800. The Morgan fingerprint density at radius 1 is 1.17 bits per heavy atom. The number of nitrogens with zero attached hydrogens (tertiary/aromatic N) is 1. The van der Waals surface area contributed by atoms with E-state index >= 15 is 0 Å². The van der Waals surface area contributed by atoms with Crippen LogP contribution in [0.2, 0.25) is 0 Å². The smallest absolute Gasteiger partial charge is 0.0385 e. The Kier molecular flexibility index (Phi) is 3.81. The van der Waals surface area contributed by atoms with Crippen molar-refractivity contribution in [2.24, 2.45) is 23.0 Å². The second kappa shape index (κ2) is 4.79. The van der Waals surface area contributed by atoms with E-state index in [1.165, 1.54) is 32.2 Å². The SMILES string of the molecule is CC1CC(C)C(C)N(C2(CN)CCCC2(C)C)C1. The Balaban J connectivity index is 2.31. The van der Waals surface area contributed by atoms with Crippen LogP contribution < -0.4 is 5.73 Å². The molecule has 2 rings (SSSR count). The van der Waals surface area contributed by atoms with E-state index in [1.807, 2.05) is 0 Å². The van der Waals surface area contributed by atoms with Gasteiger partial charge in [0, 0.05) is 24.7 Å². The third-order valence-electron chi connectivity index (χ3n) is 6.14. The summed E-state index contributed by atoms with van der Waals surface area (Å²) in [5, 5.41) is 0. The van der Waals surface area contributed by atoms with Gasteiger partial charge >= 0.3 is 0 Å². The molecule has 2 aliphatic rings. The fraction of sp³-hybridized carbons (Fsp3) is 1.00. The minimum atomic E-state index is 0.245. The molecule has 0 spiro atoms. The summed E-state index contributed by atoms with van der Waals surface area (Å²) in [4.78, 5) is 2.79. The Morgan fingerprint density at radius 3 is 2.33 bits per heavy atom. The summed E-state index contributed by atoms with van der Waals surface area (Å²) in [5.41, 5.74) is 6.90. The first kappa shape index (κ1) is 14.3. The summed E-state index contributed by atoms with van der Waals surface area (Å²) in [6, 6.07) is 0.683. The van der Waals surface area contributed by atoms with Gasteiger partial charge in [0.2, 0.25) is 0 Å². The molecule has 1 saturated heterocycles. The van der Waals surface area contributed by atoms with Gasteiger partial charge in [-0.3, -0.25) is 4.90 Å². The molecule has 0 aromatic rings. The van der Waals surface area contributed by atoms with Gasteiger partial charge in [0.15, 0.2) is 0 Å². The van der Waals surface area contributed by atoms with Gasteiger partial charge in [-0.05, 0) is 43.4 Å². The van der Waals surface area contributed by atoms with Crippen molar-refractivity contribution in [1.29, 1.82) is 0 Å². The maximum atomic E-state index is 6.29. The molecule has 18 heavy (non-hydrogen) atoms. The maximum Gasteiger partial charge on any atom is 0.0385 e. The third kappa shape index (κ3) is 2.02. The van der Waals surface area contributed by atoms with Crippen molar-refractivity contribution in [3.05, 3.63) is 0 Å². The van der Waals surface area contributed by atoms with Crippen molar-refractivity contribution in [2.45, 2.75) is 71.9 Å². The largest absolute Gasteiger partial charge is 0.329 e. The predicted molar refractivity (Wildman–Crippen MR) is 78.5 cm³/mol. The highest BCUT2D eigenvalue weighted by atomic mass is 15.3. The van der Waals surface area contributed by atoms with Crippen LogP contribution >= 0.6 is 0 Å². The zero-order chi connectivity index (χ0) is 13.6. The fourth-order valence-corrected chi connectivity index (χ4v) is 4.70. The van der Waals surface area contributed by atoms with Crippen LogP contribution in [0.15, 0.2) is 0 Å². The molecule has 0 aromatic heterocycles. The maximum absolute atomic E-state index is 6.29. The van der Waals surface area contributed by atoms with Crippen molar-refractivity contribution in [2.75, 3.05) is 13.1 Å². The molecule has 2 heteroatoms. The van der Waals surface area contributed by atoms with Gasteiger partial charge in [0.05, 0.1) is 0 Å². The first-order valence-corrected chi connectivity index (χ1v) is 7.81. The lowest BCUT2D eigenvalue weighted by atomic mass is 9.70. The van der Waals surface area contributed by atoms with E-state index in [4.69, 9.17) is 5.73 Å². The van der Waals surface area contributed by atoms with Crippen molar-refractivity contribution in [3.8, 4) is 0 Å². The lowest BCUT2D eigenvalue weighted by Gasteiger charge is -2.56. The van der Waals surface area contributed by atoms with E-state index in [0.29, 0.717) is 11.5 Å². The highest BCUT2D eigenvalue weighted by molar-refractivity contribution is 5.09. The summed E-state index contributed by atoms with van der Waals surface area (Å²) < 4.78 is 0. The molecular weight excluding hydrogens is 220 g/mol. The van der Waals surface area contributed by atoms with Crippen molar-refractivity contribution in [1.82, 2.24) is 4.90 Å². The summed E-state index contributed by atoms with van der Waals surface area (Å²) in [6.07, 6.45) is 5.34. The van der Waals surface area contributed by atoms with Crippen LogP contribution in [-0.4, -0.2) is 29.6 Å². The van der Waals surface area contributed by atoms with Crippen LogP contribution in [0.4, 0.5) is 0 Å². The number of nitrogens with two attached hydrogens (primary N) is 1. The molecule has 0 bridgehead atoms. The van der Waals surface area contributed by atoms with Gasteiger partial charge in [-0.1, -0.05) is 34.1 Å². The lowest BCUT2D eigenvalue weighted by molar-refractivity contribution is -0.0623. The van der Waals surface area contributed by atoms with Crippen LogP contribution in [-0.2, 0) is 0 Å². The zero-order valence-electron chi connectivity index (χ0n) is 13.0. The highest BCUT2D eigenvalue weighted by Crippen LogP contribution is 2.51. The highest BCUT2D eigenvalue weighted by Gasteiger charge is 2.54. The normalized spacial score (nSPS) is 45.3. The Labute approximate surface area is 113 Å². The Bertz CT molecular complexity index is 299. The Morgan fingerprint density at radius 2 is 1.83 bits per heavy atom. The summed E-state index contributed by atoms with van der Waals surface area (Å²) in [5.74, 6) is 1.62. The van der Waals surface area contributed by atoms with E-state index in [1.54, 1.807) is 0 Å². The van der Waals surface area contributed by atoms with E-state index in [-0.39, 0.29) is 5.54 Å². The third-order valence-corrected chi connectivity index (χ3v) is 6.14. The van der Waals surface area contributed by atoms with Gasteiger partial charge in [-0.25, -0.2) is 0 Å². The van der Waals surface area contributed by atoms with Crippen LogP contribution in [0.5, 0.6) is 0 Å². The van der Waals surface area contributed by atoms with E-state index in [9.17, 15) is 0 Å². The number of hydrogen-bond donors (Lipinski definition) is 1. The average molecular weight is 252 g/mol. The molecule has 2 N–H and O–H groups in total. The van der Waals surface area contributed by atoms with E-state index in [0.717, 1.165) is 18.4 Å². The minimum Gasteiger partial charge on any atom is -0.329 e. The molecule has 0 aromatic carbocycles. The van der Waals surface area contributed by atoms with Crippen LogP contribution in [0.1, 0.15) is 60.3 Å². The standard InChI is InChI=1S/C16H32N2/c1-12-9-13(2)14(3)18(10-12)16(11-17)8-6-7-15(16,4)5/h12-14H,6-11,17H2,1-5H3. The molecule has 1 aliphatic carbocycles. The number of hydrogen-bond acceptors (Lipinski definition) is 2. The van der Waals surface area contributed by atoms with Crippen LogP contribution in [0.25, 0.3) is 0 Å². The molecule has 2 nitrogen and oxygen atoms in total. The quantitative estimate of drug-likeness (QED) is 0.817. The average Bonchev–Trinajstić information content (AvgIpc) is 2.59. The van der Waals surface area contributed by atoms with Gasteiger partial charge in [-0.2, -0.15) is 0 Å². The molecule has 1 heterocycles. The fourth-order valence-electron chi connectivity index (χ4n) is 4.70. The molecule has 1 aliphatic heterocycles. The molecule has 1 saturated carbocycles. The number of likely N-dealkylation sites (tertiary alicyclic amines) is 1. The second-order valence-corrected chi connectivity index (χ2v) is 7.68. The van der Waals surface area contributed by atoms with E-state index < -0.39 is 0 Å². The molecule has 106 valence electrons. The van der Waals surface area contributed by atoms with E-state index in [2.05, 4.69) is 39.5 Å². The lowest BCUT2D eigenvalue weighted by Crippen LogP contribution is -2.65. The topological polar surface area (TPSA) is 29.3 Å². The zero-order valence-corrected chi connectivity index (χ0v) is 13.0. The van der Waals surface area contributed by atoms with Crippen molar-refractivity contribution < 1.29 is 0 Å². The first-order valence-electron chi connectivity index (χ1n) is 7.81. The summed E-state index contributed by atoms with van der Waals surface area (Å²) in [6.45, 7) is 14.2. The minimum absolute atomic E-state index is 0.245. The van der Waals surface area contributed by atoms with Crippen LogP contribution in [0.3, 0.4) is 0 Å². The summed E-state index contributed by atoms with van der Waals surface area (Å²) in [7, 11) is 0. The van der Waals surface area contributed by atoms with Gasteiger partial charge in [-0.15, -0.1) is 0 Å². The molecule has 0 amide bonds. The summed E-state index contributed by atoms with van der Waals surface area (Å²) >= 11 is 0. The number of rotatable bonds is 2. The van der Waals surface area contributed by atoms with Gasteiger partial charge < -0.3 is 5.73 Å².